The van der Waals surface area contributed by atoms with Gasteiger partial charge in [-0.3, -0.25) is 19.6 Å². The number of ether oxygens (including phenoxy) is 2. The number of imidazole rings is 1. The number of nitrogen functional groups attached to an aromatic ring is 1. The van der Waals surface area contributed by atoms with Gasteiger partial charge in [-0.2, -0.15) is 10.1 Å². The number of rotatable bonds is 12. The van der Waals surface area contributed by atoms with Crippen molar-refractivity contribution in [2.45, 2.75) is 6.42 Å². The van der Waals surface area contributed by atoms with E-state index in [2.05, 4.69) is 27.2 Å². The number of nitrogens with two attached hydrogens (primary N) is 3. The zero-order valence-corrected chi connectivity index (χ0v) is 26.8. The van der Waals surface area contributed by atoms with Crippen molar-refractivity contribution in [1.82, 2.24) is 19.4 Å². The topological polar surface area (TPSA) is 301 Å². The van der Waals surface area contributed by atoms with E-state index in [1.54, 1.807) is 42.2 Å². The molecule has 2 heterocycles. The van der Waals surface area contributed by atoms with Crippen molar-refractivity contribution in [2.75, 3.05) is 31.9 Å². The third-order valence-electron chi connectivity index (χ3n) is 6.41. The minimum absolute atomic E-state index is 0.00410. The minimum Gasteiger partial charge on any atom is -0.493 e. The number of benzene rings is 2. The standard InChI is InChI=1S/C26H25N5O6.C5H6N4O.CH3NO/c1-29-21-11-18(14-27)16(10-20(21)26(34)35)6-9-37-23-12-17(19(25(32)33)13-22(23)36-2)4-3-5-24(28)31-8-7-30-15-31;6-5-2-1-4(3-10)8-9(5)7;2-1-3/h3-5,7-8,10-13,15,29H,6,9,28H2,1-2H3,(H,32,33)(H,34,35);1-3,6H,7H2;1H,(H2,2,3)/b4-3+,24-5+;;. The maximum atomic E-state index is 11.8. The van der Waals surface area contributed by atoms with Crippen LogP contribution in [0, 0.1) is 16.7 Å². The van der Waals surface area contributed by atoms with Gasteiger partial charge in [0.2, 0.25) is 6.41 Å². The molecule has 50 heavy (non-hydrogen) atoms. The zero-order valence-electron chi connectivity index (χ0n) is 26.8. The van der Waals surface area contributed by atoms with Crippen LogP contribution < -0.4 is 37.6 Å². The number of aromatic carboxylic acids is 2. The van der Waals surface area contributed by atoms with Crippen molar-refractivity contribution in [3.63, 3.8) is 0 Å². The number of aldehydes is 1. The second kappa shape index (κ2) is 19.3. The minimum atomic E-state index is -1.15. The fourth-order valence-corrected chi connectivity index (χ4v) is 4.04. The van der Waals surface area contributed by atoms with Gasteiger partial charge in [0, 0.05) is 31.5 Å². The highest BCUT2D eigenvalue weighted by atomic mass is 16.5. The maximum absolute atomic E-state index is 11.8. The quantitative estimate of drug-likeness (QED) is 0.0628. The molecule has 0 aliphatic rings. The van der Waals surface area contributed by atoms with Gasteiger partial charge in [-0.05, 0) is 53.6 Å². The molecule has 0 radical (unpaired) electrons. The number of nitrogens with zero attached hydrogens (tertiary/aromatic N) is 5. The summed E-state index contributed by atoms with van der Waals surface area (Å²) in [5.41, 5.74) is 12.0. The Kier molecular flexibility index (Phi) is 15.0. The van der Waals surface area contributed by atoms with E-state index in [0.717, 1.165) is 4.79 Å². The predicted octanol–water partition coefficient (Wildman–Crippen LogP) is 1.28. The van der Waals surface area contributed by atoms with Crippen LogP contribution in [0.3, 0.4) is 0 Å². The summed E-state index contributed by atoms with van der Waals surface area (Å²) in [4.78, 5) is 46.8. The fourth-order valence-electron chi connectivity index (χ4n) is 4.04. The van der Waals surface area contributed by atoms with Crippen LogP contribution in [-0.2, 0) is 11.2 Å². The van der Waals surface area contributed by atoms with Gasteiger partial charge in [-0.1, -0.05) is 12.2 Å². The molecule has 0 atom stereocenters. The number of carboxylic acid groups (broad SMARTS) is 2. The lowest BCUT2D eigenvalue weighted by Crippen LogP contribution is -2.29. The molecule has 4 aromatic rings. The first-order valence-corrected chi connectivity index (χ1v) is 14.1. The second-order valence-corrected chi connectivity index (χ2v) is 9.48. The van der Waals surface area contributed by atoms with Gasteiger partial charge in [0.25, 0.3) is 0 Å². The van der Waals surface area contributed by atoms with Gasteiger partial charge in [0.05, 0.1) is 36.5 Å². The number of carbonyl (C=O) groups excluding carboxylic acids is 2. The van der Waals surface area contributed by atoms with Crippen molar-refractivity contribution in [2.24, 2.45) is 11.5 Å². The lowest BCUT2D eigenvalue weighted by atomic mass is 10.0. The molecule has 18 heteroatoms. The Labute approximate surface area is 284 Å². The molecule has 0 fully saturated rings. The summed E-state index contributed by atoms with van der Waals surface area (Å²) < 4.78 is 12.8. The molecule has 10 N–H and O–H groups in total. The first-order chi connectivity index (χ1) is 23.9. The van der Waals surface area contributed by atoms with Crippen molar-refractivity contribution >= 4 is 42.2 Å². The first kappa shape index (κ1) is 38.8. The monoisotopic (exact) mass is 686 g/mol. The largest absolute Gasteiger partial charge is 0.493 e. The lowest BCUT2D eigenvalue weighted by Gasteiger charge is -2.15. The van der Waals surface area contributed by atoms with E-state index in [9.17, 15) is 29.9 Å². The van der Waals surface area contributed by atoms with E-state index in [4.69, 9.17) is 31.3 Å². The highest BCUT2D eigenvalue weighted by molar-refractivity contribution is 5.95. The van der Waals surface area contributed by atoms with Crippen LogP contribution in [0.2, 0.25) is 0 Å². The molecule has 1 amide bonds. The molecular formula is C32H34N10O8. The van der Waals surface area contributed by atoms with Crippen LogP contribution in [-0.4, -0.2) is 75.1 Å². The fraction of sp³-hybridized carbons (Fsp3) is 0.125. The van der Waals surface area contributed by atoms with Crippen LogP contribution >= 0.6 is 0 Å². The van der Waals surface area contributed by atoms with E-state index < -0.39 is 11.9 Å². The summed E-state index contributed by atoms with van der Waals surface area (Å²) in [5.74, 6) is 3.75. The van der Waals surface area contributed by atoms with Gasteiger partial charge < -0.3 is 42.3 Å². The normalized spacial score (nSPS) is 10.4. The van der Waals surface area contributed by atoms with Gasteiger partial charge in [-0.25, -0.2) is 14.6 Å². The third-order valence-corrected chi connectivity index (χ3v) is 6.41. The zero-order chi connectivity index (χ0) is 37.2. The van der Waals surface area contributed by atoms with Gasteiger partial charge in [0.1, 0.15) is 17.8 Å². The summed E-state index contributed by atoms with van der Waals surface area (Å²) in [6, 6.07) is 10.7. The Morgan fingerprint density at radius 1 is 1.12 bits per heavy atom. The number of methoxy groups -OCH3 is 1. The van der Waals surface area contributed by atoms with Crippen LogP contribution in [0.1, 0.15) is 47.9 Å². The molecule has 0 unspecified atom stereocenters. The number of amides is 1. The van der Waals surface area contributed by atoms with E-state index in [-0.39, 0.29) is 53.2 Å². The summed E-state index contributed by atoms with van der Waals surface area (Å²) >= 11 is 0. The second-order valence-electron chi connectivity index (χ2n) is 9.48. The Hall–Kier alpha value is -7.42. The molecule has 2 aromatic carbocycles. The number of anilines is 1. The number of hydrogen-bond acceptors (Lipinski definition) is 13. The summed E-state index contributed by atoms with van der Waals surface area (Å²) in [7, 11) is 2.97. The van der Waals surface area contributed by atoms with E-state index in [1.807, 2.05) is 0 Å². The molecule has 0 spiro atoms. The van der Waals surface area contributed by atoms with Crippen LogP contribution in [0.5, 0.6) is 11.5 Å². The van der Waals surface area contributed by atoms with E-state index in [0.29, 0.717) is 34.5 Å². The van der Waals surface area contributed by atoms with Crippen molar-refractivity contribution < 1.29 is 38.9 Å². The number of aromatic nitrogens is 4. The Bertz CT molecular complexity index is 1980. The number of nitriles is 1. The molecule has 260 valence electrons. The number of primary amides is 1. The van der Waals surface area contributed by atoms with Crippen LogP contribution in [0.4, 0.5) is 5.69 Å². The summed E-state index contributed by atoms with van der Waals surface area (Å²) in [6.45, 7) is 0.0754. The number of carbonyl (C=O) groups is 4. The number of hydrogen-bond donors (Lipinski definition) is 7. The van der Waals surface area contributed by atoms with Gasteiger partial charge in [-0.15, -0.1) is 5.10 Å². The molecule has 0 bridgehead atoms. The number of carboxylic acids is 2. The Morgan fingerprint density at radius 2 is 1.82 bits per heavy atom. The summed E-state index contributed by atoms with van der Waals surface area (Å²) in [6.07, 6.45) is 10.6. The molecule has 0 saturated carbocycles. The number of allylic oxidation sites excluding steroid dienone is 2. The third kappa shape index (κ3) is 10.8. The molecule has 0 aliphatic heterocycles. The number of nitrogens with one attached hydrogen (secondary N) is 2. The van der Waals surface area contributed by atoms with Crippen molar-refractivity contribution in [3.8, 4) is 17.6 Å². The van der Waals surface area contributed by atoms with Crippen molar-refractivity contribution in [1.29, 1.82) is 10.7 Å². The maximum Gasteiger partial charge on any atom is 0.337 e. The van der Waals surface area contributed by atoms with Gasteiger partial charge >= 0.3 is 11.9 Å². The highest BCUT2D eigenvalue weighted by Crippen LogP contribution is 2.32. The van der Waals surface area contributed by atoms with E-state index in [1.165, 1.54) is 49.8 Å². The SMILES string of the molecule is CNc1cc(C#N)c(CCOc2cc(/C=C/C=C(\N)n3ccnc3)c(C(=O)O)cc2OC)cc1C(=O)O.N=c1ccc(C=O)nn1N.NC=O. The molecule has 0 aliphatic carbocycles. The molecule has 18 nitrogen and oxygen atoms in total. The average Bonchev–Trinajstić information content (AvgIpc) is 3.65. The van der Waals surface area contributed by atoms with E-state index >= 15 is 0 Å². The Morgan fingerprint density at radius 3 is 2.36 bits per heavy atom. The average molecular weight is 687 g/mol. The molecule has 2 aromatic heterocycles. The molecular weight excluding hydrogens is 652 g/mol. The molecule has 0 saturated heterocycles. The van der Waals surface area contributed by atoms with Crippen LogP contribution in [0.25, 0.3) is 11.9 Å². The predicted molar refractivity (Wildman–Crippen MR) is 180 cm³/mol. The first-order valence-electron chi connectivity index (χ1n) is 14.1. The highest BCUT2D eigenvalue weighted by Gasteiger charge is 2.17. The van der Waals surface area contributed by atoms with Crippen LogP contribution in [0.15, 0.2) is 67.3 Å². The Balaban J connectivity index is 0.000000560. The smallest absolute Gasteiger partial charge is 0.337 e. The summed E-state index contributed by atoms with van der Waals surface area (Å²) in [5, 5.41) is 42.0. The van der Waals surface area contributed by atoms with Crippen molar-refractivity contribution in [3.05, 3.63) is 106 Å². The van der Waals surface area contributed by atoms with Gasteiger partial charge in [0.15, 0.2) is 23.3 Å². The lowest BCUT2D eigenvalue weighted by molar-refractivity contribution is -0.106. The molecule has 4 rings (SSSR count).